The van der Waals surface area contributed by atoms with Crippen molar-refractivity contribution in [1.82, 2.24) is 5.32 Å². The summed E-state index contributed by atoms with van der Waals surface area (Å²) in [5, 5.41) is 5.29. The Bertz CT molecular complexity index is 935. The van der Waals surface area contributed by atoms with Crippen molar-refractivity contribution >= 4 is 29.3 Å². The van der Waals surface area contributed by atoms with Gasteiger partial charge in [0.25, 0.3) is 5.91 Å². The van der Waals surface area contributed by atoms with Gasteiger partial charge in [-0.15, -0.1) is 0 Å². The van der Waals surface area contributed by atoms with Crippen LogP contribution in [0.15, 0.2) is 48.5 Å². The second kappa shape index (κ2) is 10.3. The van der Waals surface area contributed by atoms with Crippen molar-refractivity contribution in [2.75, 3.05) is 11.9 Å². The maximum atomic E-state index is 12.5. The quantitative estimate of drug-likeness (QED) is 0.514. The van der Waals surface area contributed by atoms with Crippen molar-refractivity contribution in [2.45, 2.75) is 33.7 Å². The third-order valence-electron chi connectivity index (χ3n) is 4.36. The molecule has 2 aromatic rings. The fourth-order valence-electron chi connectivity index (χ4n) is 2.76. The molecule has 2 N–H and O–H groups in total. The van der Waals surface area contributed by atoms with Gasteiger partial charge in [-0.05, 0) is 49.2 Å². The van der Waals surface area contributed by atoms with E-state index in [1.165, 1.54) is 6.92 Å². The predicted molar refractivity (Wildman–Crippen MR) is 113 cm³/mol. The number of carbonyl (C=O) groups is 4. The Balaban J connectivity index is 1.97. The van der Waals surface area contributed by atoms with E-state index in [0.29, 0.717) is 16.8 Å². The van der Waals surface area contributed by atoms with Gasteiger partial charge in [-0.2, -0.15) is 0 Å². The molecule has 2 rings (SSSR count). The van der Waals surface area contributed by atoms with Crippen molar-refractivity contribution in [3.05, 3.63) is 65.2 Å². The lowest BCUT2D eigenvalue weighted by Crippen LogP contribution is -2.45. The molecule has 0 spiro atoms. The van der Waals surface area contributed by atoms with E-state index in [-0.39, 0.29) is 23.5 Å². The van der Waals surface area contributed by atoms with Gasteiger partial charge in [-0.3, -0.25) is 14.4 Å². The van der Waals surface area contributed by atoms with Gasteiger partial charge in [0.1, 0.15) is 6.04 Å². The minimum atomic E-state index is -0.882. The number of hydrogen-bond acceptors (Lipinski definition) is 5. The predicted octanol–water partition coefficient (Wildman–Crippen LogP) is 3.13. The van der Waals surface area contributed by atoms with Crippen LogP contribution >= 0.6 is 0 Å². The van der Waals surface area contributed by atoms with Gasteiger partial charge in [-0.25, -0.2) is 4.79 Å². The molecule has 0 aromatic heterocycles. The molecule has 30 heavy (non-hydrogen) atoms. The second-order valence-electron chi connectivity index (χ2n) is 7.35. The molecular formula is C23H26N2O5. The SMILES string of the molecule is CC(=O)Nc1ccc(C(=O)COC(=O)[C@@H](NC(=O)c2cccc(C)c2)C(C)C)cc1. The number of esters is 1. The summed E-state index contributed by atoms with van der Waals surface area (Å²) in [7, 11) is 0. The number of anilines is 1. The Morgan fingerprint density at radius 3 is 2.20 bits per heavy atom. The Labute approximate surface area is 175 Å². The number of rotatable bonds is 8. The van der Waals surface area contributed by atoms with Gasteiger partial charge < -0.3 is 15.4 Å². The van der Waals surface area contributed by atoms with Crippen LogP contribution in [-0.4, -0.2) is 36.2 Å². The summed E-state index contributed by atoms with van der Waals surface area (Å²) in [6, 6.07) is 12.4. The number of Topliss-reactive ketones (excluding diaryl/α,β-unsaturated/α-hetero) is 1. The van der Waals surface area contributed by atoms with E-state index < -0.39 is 18.6 Å². The van der Waals surface area contributed by atoms with Crippen LogP contribution in [-0.2, 0) is 14.3 Å². The largest absolute Gasteiger partial charge is 0.456 e. The van der Waals surface area contributed by atoms with Crippen LogP contribution < -0.4 is 10.6 Å². The molecule has 0 fully saturated rings. The summed E-state index contributed by atoms with van der Waals surface area (Å²) < 4.78 is 5.16. The van der Waals surface area contributed by atoms with Crippen molar-refractivity contribution < 1.29 is 23.9 Å². The number of ether oxygens (including phenoxy) is 1. The Kier molecular flexibility index (Phi) is 7.86. The monoisotopic (exact) mass is 410 g/mol. The summed E-state index contributed by atoms with van der Waals surface area (Å²) >= 11 is 0. The van der Waals surface area contributed by atoms with Gasteiger partial charge in [-0.1, -0.05) is 31.5 Å². The highest BCUT2D eigenvalue weighted by Gasteiger charge is 2.27. The number of hydrogen-bond donors (Lipinski definition) is 2. The lowest BCUT2D eigenvalue weighted by atomic mass is 10.0. The Hall–Kier alpha value is -3.48. The molecule has 0 aliphatic heterocycles. The molecular weight excluding hydrogens is 384 g/mol. The summed E-state index contributed by atoms with van der Waals surface area (Å²) in [5.74, 6) is -1.87. The van der Waals surface area contributed by atoms with Crippen LogP contribution in [0.4, 0.5) is 5.69 Å². The summed E-state index contributed by atoms with van der Waals surface area (Å²) in [6.07, 6.45) is 0. The van der Waals surface area contributed by atoms with Crippen molar-refractivity contribution in [3.8, 4) is 0 Å². The van der Waals surface area contributed by atoms with Gasteiger partial charge >= 0.3 is 5.97 Å². The smallest absolute Gasteiger partial charge is 0.329 e. The molecule has 2 amide bonds. The van der Waals surface area contributed by atoms with E-state index in [2.05, 4.69) is 10.6 Å². The zero-order chi connectivity index (χ0) is 22.3. The minimum absolute atomic E-state index is 0.213. The third kappa shape index (κ3) is 6.55. The number of carbonyl (C=O) groups excluding carboxylic acids is 4. The standard InChI is InChI=1S/C23H26N2O5/c1-14(2)21(25-22(28)18-7-5-6-15(3)12-18)23(29)30-13-20(27)17-8-10-19(11-9-17)24-16(4)26/h5-12,14,21H,13H2,1-4H3,(H,24,26)(H,25,28)/t21-/m0/s1. The molecule has 0 heterocycles. The average Bonchev–Trinajstić information content (AvgIpc) is 2.69. The first-order valence-electron chi connectivity index (χ1n) is 9.62. The number of ketones is 1. The zero-order valence-corrected chi connectivity index (χ0v) is 17.5. The maximum Gasteiger partial charge on any atom is 0.329 e. The van der Waals surface area contributed by atoms with Gasteiger partial charge in [0.05, 0.1) is 0 Å². The number of aryl methyl sites for hydroxylation is 1. The molecule has 2 aromatic carbocycles. The van der Waals surface area contributed by atoms with Crippen molar-refractivity contribution in [3.63, 3.8) is 0 Å². The van der Waals surface area contributed by atoms with Crippen LogP contribution in [0.5, 0.6) is 0 Å². The molecule has 0 aliphatic carbocycles. The van der Waals surface area contributed by atoms with E-state index in [1.807, 2.05) is 13.0 Å². The molecule has 7 heteroatoms. The Morgan fingerprint density at radius 1 is 0.967 bits per heavy atom. The molecule has 7 nitrogen and oxygen atoms in total. The summed E-state index contributed by atoms with van der Waals surface area (Å²) in [4.78, 5) is 48.3. The summed E-state index contributed by atoms with van der Waals surface area (Å²) in [6.45, 7) is 6.39. The molecule has 0 unspecified atom stereocenters. The average molecular weight is 410 g/mol. The molecule has 0 aliphatic rings. The first-order valence-corrected chi connectivity index (χ1v) is 9.62. The highest BCUT2D eigenvalue weighted by molar-refractivity contribution is 6.00. The normalized spacial score (nSPS) is 11.5. The van der Waals surface area contributed by atoms with E-state index in [9.17, 15) is 19.2 Å². The van der Waals surface area contributed by atoms with Crippen LogP contribution in [0.2, 0.25) is 0 Å². The number of nitrogens with one attached hydrogen (secondary N) is 2. The minimum Gasteiger partial charge on any atom is -0.456 e. The molecule has 0 bridgehead atoms. The fraction of sp³-hybridized carbons (Fsp3) is 0.304. The summed E-state index contributed by atoms with van der Waals surface area (Å²) in [5.41, 5.74) is 2.29. The molecule has 0 radical (unpaired) electrons. The number of benzene rings is 2. The highest BCUT2D eigenvalue weighted by atomic mass is 16.5. The highest BCUT2D eigenvalue weighted by Crippen LogP contribution is 2.12. The van der Waals surface area contributed by atoms with Crippen LogP contribution in [0.25, 0.3) is 0 Å². The van der Waals surface area contributed by atoms with Crippen LogP contribution in [0.3, 0.4) is 0 Å². The topological polar surface area (TPSA) is 102 Å². The second-order valence-corrected chi connectivity index (χ2v) is 7.35. The maximum absolute atomic E-state index is 12.5. The van der Waals surface area contributed by atoms with E-state index in [1.54, 1.807) is 56.3 Å². The van der Waals surface area contributed by atoms with Crippen molar-refractivity contribution in [1.29, 1.82) is 0 Å². The fourth-order valence-corrected chi connectivity index (χ4v) is 2.76. The van der Waals surface area contributed by atoms with Crippen molar-refractivity contribution in [2.24, 2.45) is 5.92 Å². The first-order chi connectivity index (χ1) is 14.2. The van der Waals surface area contributed by atoms with E-state index in [0.717, 1.165) is 5.56 Å². The van der Waals surface area contributed by atoms with Crippen LogP contribution in [0.1, 0.15) is 47.1 Å². The first kappa shape index (κ1) is 22.8. The van der Waals surface area contributed by atoms with E-state index >= 15 is 0 Å². The zero-order valence-electron chi connectivity index (χ0n) is 17.5. The molecule has 158 valence electrons. The van der Waals surface area contributed by atoms with E-state index in [4.69, 9.17) is 4.74 Å². The van der Waals surface area contributed by atoms with Gasteiger partial charge in [0.15, 0.2) is 12.4 Å². The van der Waals surface area contributed by atoms with Crippen LogP contribution in [0, 0.1) is 12.8 Å². The third-order valence-corrected chi connectivity index (χ3v) is 4.36. The lowest BCUT2D eigenvalue weighted by molar-refractivity contribution is -0.146. The molecule has 1 atom stereocenters. The van der Waals surface area contributed by atoms with Gasteiger partial charge in [0, 0.05) is 23.7 Å². The lowest BCUT2D eigenvalue weighted by Gasteiger charge is -2.21. The van der Waals surface area contributed by atoms with Gasteiger partial charge in [0.2, 0.25) is 5.91 Å². The Morgan fingerprint density at radius 2 is 1.63 bits per heavy atom. The molecule has 0 saturated heterocycles. The molecule has 0 saturated carbocycles. The number of amides is 2.